The maximum absolute atomic E-state index is 13.2. The predicted molar refractivity (Wildman–Crippen MR) is 89.2 cm³/mol. The van der Waals surface area contributed by atoms with Crippen molar-refractivity contribution in [3.63, 3.8) is 0 Å². The molecule has 0 radical (unpaired) electrons. The number of fused-ring (bicyclic) bond motifs is 1. The topological polar surface area (TPSA) is 55.1 Å². The standard InChI is InChI=1S/C19H17FN2O2/c1-11-21-15-3-2-4-16(18(15)24-11)22-19(23)17(12-5-6-12)13-7-9-14(20)10-8-13/h2-4,7-10,12,17H,5-6H2,1H3,(H,22,23). The number of aromatic nitrogens is 1. The van der Waals surface area contributed by atoms with Gasteiger partial charge in [-0.3, -0.25) is 4.79 Å². The monoisotopic (exact) mass is 324 g/mol. The van der Waals surface area contributed by atoms with Crippen molar-refractivity contribution in [1.29, 1.82) is 0 Å². The lowest BCUT2D eigenvalue weighted by Gasteiger charge is -2.16. The van der Waals surface area contributed by atoms with Crippen LogP contribution in [-0.2, 0) is 4.79 Å². The van der Waals surface area contributed by atoms with Crippen LogP contribution in [0.4, 0.5) is 10.1 Å². The number of oxazole rings is 1. The Kier molecular flexibility index (Phi) is 3.56. The Labute approximate surface area is 138 Å². The van der Waals surface area contributed by atoms with Crippen LogP contribution in [0.15, 0.2) is 46.9 Å². The van der Waals surface area contributed by atoms with Crippen LogP contribution < -0.4 is 5.32 Å². The fourth-order valence-electron chi connectivity index (χ4n) is 3.11. The molecule has 1 heterocycles. The lowest BCUT2D eigenvalue weighted by Crippen LogP contribution is -2.22. The number of hydrogen-bond acceptors (Lipinski definition) is 3. The molecule has 5 heteroatoms. The highest BCUT2D eigenvalue weighted by molar-refractivity contribution is 6.01. The molecule has 122 valence electrons. The molecular weight excluding hydrogens is 307 g/mol. The SMILES string of the molecule is Cc1nc2cccc(NC(=O)C(c3ccc(F)cc3)C3CC3)c2o1. The molecule has 2 aromatic carbocycles. The van der Waals surface area contributed by atoms with Crippen LogP contribution in [0, 0.1) is 18.7 Å². The second kappa shape index (κ2) is 5.74. The van der Waals surface area contributed by atoms with Crippen LogP contribution >= 0.6 is 0 Å². The summed E-state index contributed by atoms with van der Waals surface area (Å²) in [6.07, 6.45) is 2.03. The lowest BCUT2D eigenvalue weighted by atomic mass is 9.93. The summed E-state index contributed by atoms with van der Waals surface area (Å²) >= 11 is 0. The smallest absolute Gasteiger partial charge is 0.232 e. The fourth-order valence-corrected chi connectivity index (χ4v) is 3.11. The summed E-state index contributed by atoms with van der Waals surface area (Å²) in [5.74, 6) is 0.209. The molecule has 1 aliphatic carbocycles. The molecule has 4 rings (SSSR count). The van der Waals surface area contributed by atoms with Gasteiger partial charge in [0.1, 0.15) is 11.3 Å². The third-order valence-corrected chi connectivity index (χ3v) is 4.38. The highest BCUT2D eigenvalue weighted by Gasteiger charge is 2.37. The highest BCUT2D eigenvalue weighted by Crippen LogP contribution is 2.43. The van der Waals surface area contributed by atoms with Crippen molar-refractivity contribution in [3.8, 4) is 0 Å². The highest BCUT2D eigenvalue weighted by atomic mass is 19.1. The average molecular weight is 324 g/mol. The zero-order valence-corrected chi connectivity index (χ0v) is 13.3. The van der Waals surface area contributed by atoms with E-state index in [0.717, 1.165) is 23.9 Å². The van der Waals surface area contributed by atoms with Crippen LogP contribution in [0.1, 0.15) is 30.2 Å². The van der Waals surface area contributed by atoms with Gasteiger partial charge in [-0.05, 0) is 48.6 Å². The molecule has 1 saturated carbocycles. The minimum Gasteiger partial charge on any atom is -0.439 e. The van der Waals surface area contributed by atoms with Crippen LogP contribution in [0.3, 0.4) is 0 Å². The minimum absolute atomic E-state index is 0.0920. The van der Waals surface area contributed by atoms with Crippen LogP contribution in [-0.4, -0.2) is 10.9 Å². The van der Waals surface area contributed by atoms with E-state index in [-0.39, 0.29) is 17.6 Å². The fraction of sp³-hybridized carbons (Fsp3) is 0.263. The van der Waals surface area contributed by atoms with Gasteiger partial charge in [0.25, 0.3) is 0 Å². The van der Waals surface area contributed by atoms with Crippen molar-refractivity contribution in [2.24, 2.45) is 5.92 Å². The van der Waals surface area contributed by atoms with E-state index in [0.29, 0.717) is 23.1 Å². The van der Waals surface area contributed by atoms with Gasteiger partial charge < -0.3 is 9.73 Å². The van der Waals surface area contributed by atoms with Crippen molar-refractivity contribution in [1.82, 2.24) is 4.98 Å². The molecule has 0 spiro atoms. The van der Waals surface area contributed by atoms with E-state index >= 15 is 0 Å². The number of benzene rings is 2. The Balaban J connectivity index is 1.64. The maximum Gasteiger partial charge on any atom is 0.232 e. The van der Waals surface area contributed by atoms with E-state index < -0.39 is 0 Å². The second-order valence-electron chi connectivity index (χ2n) is 6.24. The largest absolute Gasteiger partial charge is 0.439 e. The number of nitrogens with zero attached hydrogens (tertiary/aromatic N) is 1. The molecule has 1 fully saturated rings. The maximum atomic E-state index is 13.2. The van der Waals surface area contributed by atoms with Gasteiger partial charge in [-0.2, -0.15) is 0 Å². The summed E-state index contributed by atoms with van der Waals surface area (Å²) in [5.41, 5.74) is 2.76. The van der Waals surface area contributed by atoms with Crippen molar-refractivity contribution >= 4 is 22.7 Å². The first-order valence-corrected chi connectivity index (χ1v) is 8.04. The quantitative estimate of drug-likeness (QED) is 0.773. The third-order valence-electron chi connectivity index (χ3n) is 4.38. The van der Waals surface area contributed by atoms with E-state index in [1.54, 1.807) is 25.1 Å². The number of anilines is 1. The van der Waals surface area contributed by atoms with Gasteiger partial charge in [0.2, 0.25) is 5.91 Å². The lowest BCUT2D eigenvalue weighted by molar-refractivity contribution is -0.118. The van der Waals surface area contributed by atoms with Gasteiger partial charge in [-0.15, -0.1) is 0 Å². The average Bonchev–Trinajstić information content (AvgIpc) is 3.30. The zero-order valence-electron chi connectivity index (χ0n) is 13.3. The molecule has 1 unspecified atom stereocenters. The Bertz CT molecular complexity index is 897. The van der Waals surface area contributed by atoms with Crippen LogP contribution in [0.5, 0.6) is 0 Å². The van der Waals surface area contributed by atoms with Crippen molar-refractivity contribution < 1.29 is 13.6 Å². The normalized spacial score (nSPS) is 15.4. The molecule has 24 heavy (non-hydrogen) atoms. The summed E-state index contributed by atoms with van der Waals surface area (Å²) in [6, 6.07) is 11.7. The van der Waals surface area contributed by atoms with Gasteiger partial charge in [0.15, 0.2) is 11.5 Å². The van der Waals surface area contributed by atoms with E-state index in [2.05, 4.69) is 10.3 Å². The summed E-state index contributed by atoms with van der Waals surface area (Å²) in [5, 5.41) is 2.97. The Morgan fingerprint density at radius 2 is 2.00 bits per heavy atom. The van der Waals surface area contributed by atoms with Crippen molar-refractivity contribution in [2.75, 3.05) is 5.32 Å². The van der Waals surface area contributed by atoms with Gasteiger partial charge in [0.05, 0.1) is 11.6 Å². The molecule has 0 saturated heterocycles. The van der Waals surface area contributed by atoms with Gasteiger partial charge in [-0.25, -0.2) is 9.37 Å². The van der Waals surface area contributed by atoms with E-state index in [4.69, 9.17) is 4.42 Å². The van der Waals surface area contributed by atoms with E-state index in [1.165, 1.54) is 12.1 Å². The number of carbonyl (C=O) groups excluding carboxylic acids is 1. The van der Waals surface area contributed by atoms with Gasteiger partial charge >= 0.3 is 0 Å². The van der Waals surface area contributed by atoms with Gasteiger partial charge in [-0.1, -0.05) is 18.2 Å². The molecule has 1 aromatic heterocycles. The second-order valence-corrected chi connectivity index (χ2v) is 6.24. The number of amides is 1. The first kappa shape index (κ1) is 14.9. The summed E-state index contributed by atoms with van der Waals surface area (Å²) < 4.78 is 18.8. The Hall–Kier alpha value is -2.69. The first-order valence-electron chi connectivity index (χ1n) is 8.04. The molecular formula is C19H17FN2O2. The van der Waals surface area contributed by atoms with Crippen molar-refractivity contribution in [3.05, 3.63) is 59.7 Å². The number of aryl methyl sites for hydroxylation is 1. The van der Waals surface area contributed by atoms with E-state index in [9.17, 15) is 9.18 Å². The molecule has 1 aliphatic rings. The number of carbonyl (C=O) groups is 1. The van der Waals surface area contributed by atoms with Crippen LogP contribution in [0.2, 0.25) is 0 Å². The molecule has 0 aliphatic heterocycles. The molecule has 1 N–H and O–H groups in total. The van der Waals surface area contributed by atoms with Crippen LogP contribution in [0.25, 0.3) is 11.1 Å². The minimum atomic E-state index is -0.296. The summed E-state index contributed by atoms with van der Waals surface area (Å²) in [6.45, 7) is 1.77. The van der Waals surface area contributed by atoms with Crippen molar-refractivity contribution in [2.45, 2.75) is 25.7 Å². The number of halogens is 1. The first-order chi connectivity index (χ1) is 11.6. The molecule has 1 atom stereocenters. The predicted octanol–water partition coefficient (Wildman–Crippen LogP) is 4.41. The number of para-hydroxylation sites is 1. The molecule has 3 aromatic rings. The van der Waals surface area contributed by atoms with Gasteiger partial charge in [0, 0.05) is 6.92 Å². The summed E-state index contributed by atoms with van der Waals surface area (Å²) in [4.78, 5) is 17.1. The summed E-state index contributed by atoms with van der Waals surface area (Å²) in [7, 11) is 0. The molecule has 1 amide bonds. The Morgan fingerprint density at radius 3 is 2.71 bits per heavy atom. The number of hydrogen-bond donors (Lipinski definition) is 1. The van der Waals surface area contributed by atoms with E-state index in [1.807, 2.05) is 12.1 Å². The molecule has 4 nitrogen and oxygen atoms in total. The Morgan fingerprint density at radius 1 is 1.25 bits per heavy atom. The third kappa shape index (κ3) is 2.77. The molecule has 0 bridgehead atoms. The number of rotatable bonds is 4. The zero-order chi connectivity index (χ0) is 16.7. The number of nitrogens with one attached hydrogen (secondary N) is 1.